The maximum atomic E-state index is 12.9. The number of aromatic nitrogens is 1. The summed E-state index contributed by atoms with van der Waals surface area (Å²) in [6, 6.07) is 8.26. The van der Waals surface area contributed by atoms with Crippen LogP contribution in [0.15, 0.2) is 34.9 Å². The van der Waals surface area contributed by atoms with Crippen molar-refractivity contribution in [2.45, 2.75) is 33.2 Å². The number of anilines is 1. The average Bonchev–Trinajstić information content (AvgIpc) is 3.30. The van der Waals surface area contributed by atoms with Crippen LogP contribution in [-0.2, 0) is 16.0 Å². The topological polar surface area (TPSA) is 130 Å². The van der Waals surface area contributed by atoms with Gasteiger partial charge in [0.05, 0.1) is 18.2 Å². The molecule has 1 heterocycles. The van der Waals surface area contributed by atoms with Gasteiger partial charge in [0.15, 0.2) is 5.69 Å². The Labute approximate surface area is 193 Å². The standard InChI is InChI=1S/C23H31N5O5/c1-3-31-13-5-11-25-22(29)20-17-33-21(27-20)16-28(12-6-14-32-4-2)23(30)26-19-9-7-18(15-24)8-10-19/h7-10,17H,3-6,11-14,16H2,1-2H3,(H,25,29)(H,26,30). The molecule has 2 aromatic rings. The minimum atomic E-state index is -0.351. The summed E-state index contributed by atoms with van der Waals surface area (Å²) < 4.78 is 16.0. The van der Waals surface area contributed by atoms with Crippen LogP contribution in [0, 0.1) is 11.3 Å². The smallest absolute Gasteiger partial charge is 0.322 e. The van der Waals surface area contributed by atoms with Crippen molar-refractivity contribution in [3.8, 4) is 6.07 Å². The summed E-state index contributed by atoms with van der Waals surface area (Å²) in [7, 11) is 0. The number of amides is 3. The van der Waals surface area contributed by atoms with Gasteiger partial charge >= 0.3 is 6.03 Å². The Morgan fingerprint density at radius 3 is 2.48 bits per heavy atom. The summed E-state index contributed by atoms with van der Waals surface area (Å²) in [6.45, 7) is 7.11. The number of hydrogen-bond acceptors (Lipinski definition) is 7. The maximum Gasteiger partial charge on any atom is 0.322 e. The highest BCUT2D eigenvalue weighted by molar-refractivity contribution is 5.92. The van der Waals surface area contributed by atoms with Crippen LogP contribution in [0.3, 0.4) is 0 Å². The molecular formula is C23H31N5O5. The van der Waals surface area contributed by atoms with Crippen LogP contribution >= 0.6 is 0 Å². The lowest BCUT2D eigenvalue weighted by molar-refractivity contribution is 0.0939. The Bertz CT molecular complexity index is 907. The second kappa shape index (κ2) is 14.6. The number of nitrogens with one attached hydrogen (secondary N) is 2. The number of rotatable bonds is 14. The fraction of sp³-hybridized carbons (Fsp3) is 0.478. The molecule has 10 heteroatoms. The molecular weight excluding hydrogens is 426 g/mol. The Kier molecular flexibility index (Phi) is 11.4. The van der Waals surface area contributed by atoms with E-state index in [0.717, 1.165) is 0 Å². The predicted molar refractivity (Wildman–Crippen MR) is 122 cm³/mol. The molecule has 0 saturated heterocycles. The van der Waals surface area contributed by atoms with Crippen molar-refractivity contribution in [2.75, 3.05) is 44.8 Å². The lowest BCUT2D eigenvalue weighted by Gasteiger charge is -2.21. The Hall–Kier alpha value is -3.42. The summed E-state index contributed by atoms with van der Waals surface area (Å²) in [5.74, 6) is -0.0905. The first-order valence-corrected chi connectivity index (χ1v) is 11.0. The van der Waals surface area contributed by atoms with E-state index in [1.165, 1.54) is 11.2 Å². The van der Waals surface area contributed by atoms with Gasteiger partial charge in [-0.15, -0.1) is 0 Å². The SMILES string of the molecule is CCOCCCNC(=O)c1coc(CN(CCCOCC)C(=O)Nc2ccc(C#N)cc2)n1. The lowest BCUT2D eigenvalue weighted by atomic mass is 10.2. The van der Waals surface area contributed by atoms with Gasteiger partial charge in [-0.3, -0.25) is 4.79 Å². The number of nitriles is 1. The van der Waals surface area contributed by atoms with Crippen molar-refractivity contribution in [3.05, 3.63) is 47.7 Å². The van der Waals surface area contributed by atoms with Gasteiger partial charge in [-0.25, -0.2) is 9.78 Å². The zero-order valence-electron chi connectivity index (χ0n) is 19.1. The molecule has 2 rings (SSSR count). The molecule has 0 spiro atoms. The summed E-state index contributed by atoms with van der Waals surface area (Å²) in [5, 5.41) is 14.5. The quantitative estimate of drug-likeness (QED) is 0.417. The van der Waals surface area contributed by atoms with E-state index in [9.17, 15) is 9.59 Å². The van der Waals surface area contributed by atoms with Crippen LogP contribution in [0.1, 0.15) is 48.6 Å². The number of oxazole rings is 1. The third-order valence-electron chi connectivity index (χ3n) is 4.54. The third kappa shape index (κ3) is 9.31. The molecule has 2 N–H and O–H groups in total. The molecule has 0 unspecified atom stereocenters. The van der Waals surface area contributed by atoms with E-state index >= 15 is 0 Å². The van der Waals surface area contributed by atoms with E-state index in [1.54, 1.807) is 24.3 Å². The van der Waals surface area contributed by atoms with Gasteiger partial charge in [0.2, 0.25) is 5.89 Å². The summed E-state index contributed by atoms with van der Waals surface area (Å²) in [5.41, 5.74) is 1.22. The number of nitrogens with zero attached hydrogens (tertiary/aromatic N) is 3. The fourth-order valence-electron chi connectivity index (χ4n) is 2.85. The Morgan fingerprint density at radius 2 is 1.82 bits per heavy atom. The number of urea groups is 1. The summed E-state index contributed by atoms with van der Waals surface area (Å²) >= 11 is 0. The number of benzene rings is 1. The van der Waals surface area contributed by atoms with E-state index < -0.39 is 0 Å². The molecule has 10 nitrogen and oxygen atoms in total. The minimum absolute atomic E-state index is 0.0891. The van der Waals surface area contributed by atoms with Gasteiger partial charge in [0.25, 0.3) is 5.91 Å². The first-order chi connectivity index (χ1) is 16.1. The second-order valence-corrected chi connectivity index (χ2v) is 7.02. The van der Waals surface area contributed by atoms with Gasteiger partial charge in [0.1, 0.15) is 6.26 Å². The molecule has 33 heavy (non-hydrogen) atoms. The number of carbonyl (C=O) groups is 2. The van der Waals surface area contributed by atoms with Gasteiger partial charge in [-0.1, -0.05) is 0 Å². The molecule has 3 amide bonds. The second-order valence-electron chi connectivity index (χ2n) is 7.02. The van der Waals surface area contributed by atoms with Crippen LogP contribution in [0.2, 0.25) is 0 Å². The molecule has 0 saturated carbocycles. The lowest BCUT2D eigenvalue weighted by Crippen LogP contribution is -2.36. The van der Waals surface area contributed by atoms with E-state index in [2.05, 4.69) is 15.6 Å². The van der Waals surface area contributed by atoms with Crippen LogP contribution in [0.4, 0.5) is 10.5 Å². The summed E-state index contributed by atoms with van der Waals surface area (Å²) in [4.78, 5) is 30.9. The number of hydrogen-bond donors (Lipinski definition) is 2. The van der Waals surface area contributed by atoms with Crippen LogP contribution < -0.4 is 10.6 Å². The van der Waals surface area contributed by atoms with Gasteiger partial charge in [0, 0.05) is 45.2 Å². The van der Waals surface area contributed by atoms with E-state index in [-0.39, 0.29) is 30.1 Å². The highest BCUT2D eigenvalue weighted by Gasteiger charge is 2.19. The Balaban J connectivity index is 1.96. The van der Waals surface area contributed by atoms with Gasteiger partial charge < -0.3 is 29.4 Å². The average molecular weight is 458 g/mol. The molecule has 1 aromatic heterocycles. The zero-order chi connectivity index (χ0) is 23.9. The third-order valence-corrected chi connectivity index (χ3v) is 4.54. The van der Waals surface area contributed by atoms with Crippen molar-refractivity contribution >= 4 is 17.6 Å². The Morgan fingerprint density at radius 1 is 1.12 bits per heavy atom. The predicted octanol–water partition coefficient (Wildman–Crippen LogP) is 3.16. The molecule has 0 aliphatic carbocycles. The van der Waals surface area contributed by atoms with Crippen molar-refractivity contribution in [2.24, 2.45) is 0 Å². The van der Waals surface area contributed by atoms with Gasteiger partial charge in [-0.05, 0) is 51.0 Å². The first-order valence-electron chi connectivity index (χ1n) is 11.0. The maximum absolute atomic E-state index is 12.9. The van der Waals surface area contributed by atoms with E-state index in [4.69, 9.17) is 19.2 Å². The molecule has 178 valence electrons. The van der Waals surface area contributed by atoms with Crippen molar-refractivity contribution in [3.63, 3.8) is 0 Å². The van der Waals surface area contributed by atoms with Crippen molar-refractivity contribution < 1.29 is 23.5 Å². The normalized spacial score (nSPS) is 10.5. The molecule has 0 radical (unpaired) electrons. The van der Waals surface area contributed by atoms with Crippen molar-refractivity contribution in [1.29, 1.82) is 5.26 Å². The number of ether oxygens (including phenoxy) is 2. The highest BCUT2D eigenvalue weighted by Crippen LogP contribution is 2.12. The van der Waals surface area contributed by atoms with Crippen LogP contribution in [0.25, 0.3) is 0 Å². The van der Waals surface area contributed by atoms with Crippen molar-refractivity contribution in [1.82, 2.24) is 15.2 Å². The van der Waals surface area contributed by atoms with E-state index in [0.29, 0.717) is 63.6 Å². The summed E-state index contributed by atoms with van der Waals surface area (Å²) in [6.07, 6.45) is 2.61. The van der Waals surface area contributed by atoms with Crippen LogP contribution in [-0.4, -0.2) is 61.3 Å². The number of carbonyl (C=O) groups excluding carboxylic acids is 2. The van der Waals surface area contributed by atoms with Gasteiger partial charge in [-0.2, -0.15) is 5.26 Å². The van der Waals surface area contributed by atoms with E-state index in [1.807, 2.05) is 19.9 Å². The molecule has 0 aliphatic heterocycles. The fourth-order valence-corrected chi connectivity index (χ4v) is 2.85. The molecule has 0 bridgehead atoms. The highest BCUT2D eigenvalue weighted by atomic mass is 16.5. The van der Waals surface area contributed by atoms with Crippen LogP contribution in [0.5, 0.6) is 0 Å². The molecule has 1 aromatic carbocycles. The molecule has 0 atom stereocenters. The molecule has 0 fully saturated rings. The minimum Gasteiger partial charge on any atom is -0.446 e. The molecule has 0 aliphatic rings. The largest absolute Gasteiger partial charge is 0.446 e. The zero-order valence-corrected chi connectivity index (χ0v) is 19.1. The first kappa shape index (κ1) is 25.8. The monoisotopic (exact) mass is 457 g/mol.